The smallest absolute Gasteiger partial charge is 0.283 e. The van der Waals surface area contributed by atoms with Gasteiger partial charge in [0.25, 0.3) is 15.9 Å². The minimum atomic E-state index is -4.20. The number of sulfonamides is 1. The number of amides is 1. The first-order chi connectivity index (χ1) is 14.5. The molecule has 8 heteroatoms. The van der Waals surface area contributed by atoms with Crippen molar-refractivity contribution < 1.29 is 17.6 Å². The number of nitrogens with zero attached hydrogens (tertiary/aromatic N) is 1. The Hall–Kier alpha value is -3.91. The van der Waals surface area contributed by atoms with Crippen molar-refractivity contribution >= 4 is 21.6 Å². The van der Waals surface area contributed by atoms with Gasteiger partial charge in [-0.25, -0.2) is 0 Å². The van der Waals surface area contributed by atoms with Crippen LogP contribution in [0.4, 0.5) is 5.69 Å². The molecule has 7 nitrogen and oxygen atoms in total. The van der Waals surface area contributed by atoms with Gasteiger partial charge in [-0.1, -0.05) is 60.7 Å². The Morgan fingerprint density at radius 1 is 0.833 bits per heavy atom. The van der Waals surface area contributed by atoms with Gasteiger partial charge in [-0.05, 0) is 24.3 Å². The Morgan fingerprint density at radius 3 is 2.03 bits per heavy atom. The Morgan fingerprint density at radius 2 is 1.40 bits per heavy atom. The van der Waals surface area contributed by atoms with E-state index in [1.807, 2.05) is 12.1 Å². The molecule has 0 aliphatic heterocycles. The van der Waals surface area contributed by atoms with Crippen LogP contribution in [0.25, 0.3) is 22.8 Å². The number of primary amides is 1. The first-order valence-corrected chi connectivity index (χ1v) is 10.5. The first-order valence-electron chi connectivity index (χ1n) is 8.99. The zero-order valence-corrected chi connectivity index (χ0v) is 16.5. The molecule has 0 fully saturated rings. The van der Waals surface area contributed by atoms with E-state index < -0.39 is 15.9 Å². The van der Waals surface area contributed by atoms with E-state index in [1.165, 1.54) is 12.1 Å². The maximum absolute atomic E-state index is 13.2. The summed E-state index contributed by atoms with van der Waals surface area (Å²) in [4.78, 5) is 15.9. The monoisotopic (exact) mass is 419 g/mol. The number of benzene rings is 3. The van der Waals surface area contributed by atoms with Crippen LogP contribution in [-0.2, 0) is 10.0 Å². The van der Waals surface area contributed by atoms with Gasteiger partial charge in [0.1, 0.15) is 0 Å². The molecule has 4 aromatic rings. The van der Waals surface area contributed by atoms with Gasteiger partial charge in [-0.15, -0.1) is 0 Å². The van der Waals surface area contributed by atoms with Gasteiger partial charge in [0, 0.05) is 11.1 Å². The summed E-state index contributed by atoms with van der Waals surface area (Å²) >= 11 is 0. The van der Waals surface area contributed by atoms with E-state index in [1.54, 1.807) is 60.7 Å². The van der Waals surface area contributed by atoms with E-state index in [2.05, 4.69) is 9.71 Å². The molecule has 0 spiro atoms. The van der Waals surface area contributed by atoms with Crippen LogP contribution in [0.1, 0.15) is 10.4 Å². The second kappa shape index (κ2) is 7.84. The summed E-state index contributed by atoms with van der Waals surface area (Å²) in [6.45, 7) is 0. The topological polar surface area (TPSA) is 115 Å². The zero-order valence-electron chi connectivity index (χ0n) is 15.6. The number of para-hydroxylation sites is 1. The summed E-state index contributed by atoms with van der Waals surface area (Å²) < 4.78 is 34.7. The van der Waals surface area contributed by atoms with Crippen molar-refractivity contribution in [2.24, 2.45) is 5.73 Å². The van der Waals surface area contributed by atoms with Crippen LogP contribution >= 0.6 is 0 Å². The molecule has 0 radical (unpaired) electrons. The third-order valence-electron chi connectivity index (χ3n) is 4.34. The molecule has 150 valence electrons. The molecule has 3 N–H and O–H groups in total. The number of nitrogens with one attached hydrogen (secondary N) is 1. The third-order valence-corrected chi connectivity index (χ3v) is 5.62. The number of anilines is 1. The SMILES string of the molecule is NC(=O)c1ccccc1NS(=O)(=O)c1nc(-c2ccccc2)oc1-c1ccccc1. The lowest BCUT2D eigenvalue weighted by molar-refractivity contribution is 0.100. The molecular weight excluding hydrogens is 402 g/mol. The molecule has 1 heterocycles. The van der Waals surface area contributed by atoms with E-state index in [0.717, 1.165) is 0 Å². The number of nitrogens with two attached hydrogens (primary N) is 1. The number of carbonyl (C=O) groups is 1. The predicted molar refractivity (Wildman–Crippen MR) is 113 cm³/mol. The Bertz CT molecular complexity index is 1300. The molecule has 0 aliphatic carbocycles. The third kappa shape index (κ3) is 3.81. The van der Waals surface area contributed by atoms with Gasteiger partial charge < -0.3 is 10.2 Å². The summed E-state index contributed by atoms with van der Waals surface area (Å²) in [5, 5.41) is -0.285. The predicted octanol–water partition coefficient (Wildman–Crippen LogP) is 3.91. The lowest BCUT2D eigenvalue weighted by Gasteiger charge is -2.10. The highest BCUT2D eigenvalue weighted by molar-refractivity contribution is 7.92. The Kier molecular flexibility index (Phi) is 5.07. The molecule has 1 aromatic heterocycles. The maximum atomic E-state index is 13.2. The molecule has 0 saturated heterocycles. The van der Waals surface area contributed by atoms with Crippen LogP contribution in [-0.4, -0.2) is 19.3 Å². The molecule has 0 atom stereocenters. The van der Waals surface area contributed by atoms with Crippen molar-refractivity contribution in [3.63, 3.8) is 0 Å². The minimum absolute atomic E-state index is 0.0501. The van der Waals surface area contributed by atoms with Crippen LogP contribution in [0.3, 0.4) is 0 Å². The minimum Gasteiger partial charge on any atom is -0.435 e. The van der Waals surface area contributed by atoms with E-state index in [-0.39, 0.29) is 27.9 Å². The first kappa shape index (κ1) is 19.4. The molecule has 30 heavy (non-hydrogen) atoms. The summed E-state index contributed by atoms with van der Waals surface area (Å²) in [7, 11) is -4.20. The van der Waals surface area contributed by atoms with Gasteiger partial charge in [0.2, 0.25) is 10.9 Å². The lowest BCUT2D eigenvalue weighted by atomic mass is 10.2. The zero-order chi connectivity index (χ0) is 21.1. The molecule has 1 amide bonds. The van der Waals surface area contributed by atoms with Gasteiger partial charge >= 0.3 is 0 Å². The summed E-state index contributed by atoms with van der Waals surface area (Å²) in [6, 6.07) is 23.9. The standard InChI is InChI=1S/C22H17N3O4S/c23-20(26)17-13-7-8-14-18(17)25-30(27,28)22-19(15-9-3-1-4-10-15)29-21(24-22)16-11-5-2-6-12-16/h1-14,25H,(H2,23,26). The van der Waals surface area contributed by atoms with Crippen molar-refractivity contribution in [2.75, 3.05) is 4.72 Å². The number of hydrogen-bond donors (Lipinski definition) is 2. The summed E-state index contributed by atoms with van der Waals surface area (Å²) in [5.74, 6) is -0.488. The molecule has 0 aliphatic rings. The second-order valence-corrected chi connectivity index (χ2v) is 8.00. The van der Waals surface area contributed by atoms with Crippen molar-refractivity contribution in [1.29, 1.82) is 0 Å². The Balaban J connectivity index is 1.85. The van der Waals surface area contributed by atoms with Crippen molar-refractivity contribution in [2.45, 2.75) is 5.03 Å². The largest absolute Gasteiger partial charge is 0.435 e. The molecule has 3 aromatic carbocycles. The number of hydrogen-bond acceptors (Lipinski definition) is 5. The van der Waals surface area contributed by atoms with Crippen molar-refractivity contribution in [1.82, 2.24) is 4.98 Å². The fourth-order valence-corrected chi connectivity index (χ4v) is 4.12. The lowest BCUT2D eigenvalue weighted by Crippen LogP contribution is -2.19. The molecule has 0 unspecified atom stereocenters. The van der Waals surface area contributed by atoms with Crippen molar-refractivity contribution in [3.05, 3.63) is 90.5 Å². The van der Waals surface area contributed by atoms with Crippen molar-refractivity contribution in [3.8, 4) is 22.8 Å². The van der Waals surface area contributed by atoms with Gasteiger partial charge in [0.15, 0.2) is 5.76 Å². The highest BCUT2D eigenvalue weighted by Gasteiger charge is 2.28. The van der Waals surface area contributed by atoms with Crippen LogP contribution in [0.5, 0.6) is 0 Å². The molecule has 0 bridgehead atoms. The van der Waals surface area contributed by atoms with E-state index in [9.17, 15) is 13.2 Å². The molecule has 4 rings (SSSR count). The number of rotatable bonds is 6. The highest BCUT2D eigenvalue weighted by atomic mass is 32.2. The average Bonchev–Trinajstić information content (AvgIpc) is 3.22. The van der Waals surface area contributed by atoms with Crippen LogP contribution in [0.2, 0.25) is 0 Å². The second-order valence-electron chi connectivity index (χ2n) is 6.40. The summed E-state index contributed by atoms with van der Waals surface area (Å²) in [5.41, 5.74) is 6.66. The van der Waals surface area contributed by atoms with Crippen LogP contribution in [0, 0.1) is 0 Å². The number of carbonyl (C=O) groups excluding carboxylic acids is 1. The number of oxazole rings is 1. The van der Waals surface area contributed by atoms with Crippen LogP contribution < -0.4 is 10.5 Å². The summed E-state index contributed by atoms with van der Waals surface area (Å²) in [6.07, 6.45) is 0. The Labute approximate surface area is 173 Å². The number of aromatic nitrogens is 1. The fraction of sp³-hybridized carbons (Fsp3) is 0. The molecular formula is C22H17N3O4S. The van der Waals surface area contributed by atoms with E-state index in [4.69, 9.17) is 10.2 Å². The highest BCUT2D eigenvalue weighted by Crippen LogP contribution is 2.33. The molecule has 0 saturated carbocycles. The quantitative estimate of drug-likeness (QED) is 0.492. The van der Waals surface area contributed by atoms with Crippen LogP contribution in [0.15, 0.2) is 94.4 Å². The fourth-order valence-electron chi connectivity index (χ4n) is 2.94. The van der Waals surface area contributed by atoms with Gasteiger partial charge in [-0.2, -0.15) is 13.4 Å². The van der Waals surface area contributed by atoms with Gasteiger partial charge in [-0.3, -0.25) is 9.52 Å². The van der Waals surface area contributed by atoms with E-state index in [0.29, 0.717) is 11.1 Å². The average molecular weight is 419 g/mol. The normalized spacial score (nSPS) is 11.2. The van der Waals surface area contributed by atoms with E-state index >= 15 is 0 Å². The maximum Gasteiger partial charge on any atom is 0.283 e. The van der Waals surface area contributed by atoms with Gasteiger partial charge in [0.05, 0.1) is 11.3 Å².